The summed E-state index contributed by atoms with van der Waals surface area (Å²) in [6, 6.07) is 2.99. The number of amides is 2. The van der Waals surface area contributed by atoms with E-state index in [1.54, 1.807) is 4.90 Å². The highest BCUT2D eigenvalue weighted by atomic mass is 19.1. The largest absolute Gasteiger partial charge is 0.377 e. The van der Waals surface area contributed by atoms with Crippen LogP contribution in [0.15, 0.2) is 18.2 Å². The molecule has 30 heavy (non-hydrogen) atoms. The van der Waals surface area contributed by atoms with Crippen molar-refractivity contribution >= 4 is 11.8 Å². The lowest BCUT2D eigenvalue weighted by Gasteiger charge is -2.39. The van der Waals surface area contributed by atoms with Crippen molar-refractivity contribution in [3.05, 3.63) is 35.4 Å². The Morgan fingerprint density at radius 2 is 1.70 bits per heavy atom. The summed E-state index contributed by atoms with van der Waals surface area (Å²) >= 11 is 0. The molecular formula is C22H29F2N3O3. The van der Waals surface area contributed by atoms with Crippen molar-refractivity contribution in [3.63, 3.8) is 0 Å². The van der Waals surface area contributed by atoms with E-state index < -0.39 is 17.5 Å². The number of carbonyl (C=O) groups is 2. The second kappa shape index (κ2) is 9.39. The predicted molar refractivity (Wildman–Crippen MR) is 107 cm³/mol. The minimum absolute atomic E-state index is 0.100. The molecule has 164 valence electrons. The monoisotopic (exact) mass is 421 g/mol. The van der Waals surface area contributed by atoms with Crippen molar-refractivity contribution in [2.75, 3.05) is 52.4 Å². The van der Waals surface area contributed by atoms with Gasteiger partial charge in [0.15, 0.2) is 0 Å². The average Bonchev–Trinajstić information content (AvgIpc) is 3.26. The summed E-state index contributed by atoms with van der Waals surface area (Å²) in [5, 5.41) is 0. The number of piperidine rings is 1. The maximum absolute atomic E-state index is 13.9. The minimum Gasteiger partial charge on any atom is -0.377 e. The molecule has 0 aromatic heterocycles. The lowest BCUT2D eigenvalue weighted by Crippen LogP contribution is -2.53. The van der Waals surface area contributed by atoms with Crippen LogP contribution in [0.1, 0.15) is 36.0 Å². The Labute approximate surface area is 175 Å². The van der Waals surface area contributed by atoms with Crippen molar-refractivity contribution in [2.45, 2.75) is 31.8 Å². The molecule has 3 aliphatic heterocycles. The van der Waals surface area contributed by atoms with Gasteiger partial charge in [0, 0.05) is 64.4 Å². The Morgan fingerprint density at radius 1 is 0.967 bits per heavy atom. The normalized spacial score (nSPS) is 23.7. The van der Waals surface area contributed by atoms with E-state index in [4.69, 9.17) is 4.74 Å². The summed E-state index contributed by atoms with van der Waals surface area (Å²) in [6.07, 6.45) is 3.74. The van der Waals surface area contributed by atoms with Gasteiger partial charge in [0.2, 0.25) is 5.91 Å². The molecule has 0 N–H and O–H groups in total. The smallest absolute Gasteiger partial charge is 0.256 e. The fourth-order valence-electron chi connectivity index (χ4n) is 4.65. The van der Waals surface area contributed by atoms with Crippen LogP contribution in [0.3, 0.4) is 0 Å². The Kier molecular flexibility index (Phi) is 6.63. The van der Waals surface area contributed by atoms with Crippen molar-refractivity contribution in [1.29, 1.82) is 0 Å². The van der Waals surface area contributed by atoms with Crippen LogP contribution >= 0.6 is 0 Å². The molecule has 0 radical (unpaired) electrons. The third-order valence-electron chi connectivity index (χ3n) is 6.46. The number of ether oxygens (including phenoxy) is 1. The first kappa shape index (κ1) is 21.2. The van der Waals surface area contributed by atoms with Gasteiger partial charge in [-0.05, 0) is 37.8 Å². The molecule has 3 fully saturated rings. The number of hydrogen-bond acceptors (Lipinski definition) is 4. The zero-order valence-corrected chi connectivity index (χ0v) is 17.2. The van der Waals surface area contributed by atoms with Crippen LogP contribution in [0.4, 0.5) is 8.78 Å². The van der Waals surface area contributed by atoms with E-state index >= 15 is 0 Å². The Morgan fingerprint density at radius 3 is 2.33 bits per heavy atom. The van der Waals surface area contributed by atoms with Crippen molar-refractivity contribution in [3.8, 4) is 0 Å². The number of halogens is 2. The van der Waals surface area contributed by atoms with Crippen LogP contribution in [0, 0.1) is 17.6 Å². The third-order valence-corrected chi connectivity index (χ3v) is 6.46. The predicted octanol–water partition coefficient (Wildman–Crippen LogP) is 2.14. The molecule has 2 amide bonds. The lowest BCUT2D eigenvalue weighted by molar-refractivity contribution is -0.138. The highest BCUT2D eigenvalue weighted by Crippen LogP contribution is 2.23. The van der Waals surface area contributed by atoms with E-state index in [2.05, 4.69) is 4.90 Å². The van der Waals surface area contributed by atoms with E-state index in [0.717, 1.165) is 64.3 Å². The van der Waals surface area contributed by atoms with Crippen molar-refractivity contribution in [1.82, 2.24) is 14.7 Å². The molecule has 3 saturated heterocycles. The molecule has 1 atom stereocenters. The van der Waals surface area contributed by atoms with Gasteiger partial charge in [0.1, 0.15) is 11.6 Å². The quantitative estimate of drug-likeness (QED) is 0.748. The first-order chi connectivity index (χ1) is 14.5. The van der Waals surface area contributed by atoms with E-state index in [9.17, 15) is 18.4 Å². The summed E-state index contributed by atoms with van der Waals surface area (Å²) in [5.41, 5.74) is -0.122. The molecule has 0 aliphatic carbocycles. The Hall–Kier alpha value is -2.06. The summed E-state index contributed by atoms with van der Waals surface area (Å²) in [7, 11) is 0. The fraction of sp³-hybridized carbons (Fsp3) is 0.636. The van der Waals surface area contributed by atoms with E-state index in [1.807, 2.05) is 4.90 Å². The van der Waals surface area contributed by atoms with Gasteiger partial charge in [-0.25, -0.2) is 8.78 Å². The summed E-state index contributed by atoms with van der Waals surface area (Å²) in [5.74, 6) is -1.94. The van der Waals surface area contributed by atoms with Crippen LogP contribution in [-0.4, -0.2) is 85.0 Å². The van der Waals surface area contributed by atoms with Gasteiger partial charge in [0.05, 0.1) is 11.7 Å². The summed E-state index contributed by atoms with van der Waals surface area (Å²) in [6.45, 7) is 5.81. The third kappa shape index (κ3) is 4.81. The maximum Gasteiger partial charge on any atom is 0.256 e. The highest BCUT2D eigenvalue weighted by Gasteiger charge is 2.33. The van der Waals surface area contributed by atoms with Crippen LogP contribution in [0.25, 0.3) is 0 Å². The summed E-state index contributed by atoms with van der Waals surface area (Å²) in [4.78, 5) is 31.3. The first-order valence-electron chi connectivity index (χ1n) is 10.9. The molecule has 1 aromatic rings. The molecule has 0 bridgehead atoms. The zero-order chi connectivity index (χ0) is 21.1. The van der Waals surface area contributed by atoms with Gasteiger partial charge in [-0.3, -0.25) is 14.5 Å². The van der Waals surface area contributed by atoms with Crippen molar-refractivity contribution < 1.29 is 23.1 Å². The average molecular weight is 421 g/mol. The number of benzene rings is 1. The number of rotatable bonds is 4. The van der Waals surface area contributed by atoms with E-state index in [-0.39, 0.29) is 17.4 Å². The highest BCUT2D eigenvalue weighted by molar-refractivity contribution is 5.94. The molecule has 1 aromatic carbocycles. The number of hydrogen-bond donors (Lipinski definition) is 0. The molecule has 4 rings (SSSR count). The molecule has 3 aliphatic rings. The van der Waals surface area contributed by atoms with Crippen LogP contribution in [0.5, 0.6) is 0 Å². The fourth-order valence-corrected chi connectivity index (χ4v) is 4.65. The molecule has 8 heteroatoms. The van der Waals surface area contributed by atoms with E-state index in [1.165, 1.54) is 6.07 Å². The molecule has 1 unspecified atom stereocenters. The van der Waals surface area contributed by atoms with Crippen molar-refractivity contribution in [2.24, 2.45) is 5.92 Å². The van der Waals surface area contributed by atoms with E-state index in [0.29, 0.717) is 32.0 Å². The standard InChI is InChI=1S/C22H29F2N3O3/c23-17-3-4-19(20(24)14-17)22(29)26-7-5-16(6-8-26)21(28)27-11-9-25(10-12-27)15-18-2-1-13-30-18/h3-4,14,16,18H,1-2,5-13,15H2. The van der Waals surface area contributed by atoms with Gasteiger partial charge in [-0.2, -0.15) is 0 Å². The molecule has 3 heterocycles. The summed E-state index contributed by atoms with van der Waals surface area (Å²) < 4.78 is 32.7. The van der Waals surface area contributed by atoms with Gasteiger partial charge >= 0.3 is 0 Å². The Balaban J connectivity index is 1.24. The minimum atomic E-state index is -0.848. The van der Waals surface area contributed by atoms with Crippen LogP contribution < -0.4 is 0 Å². The van der Waals surface area contributed by atoms with Gasteiger partial charge in [-0.15, -0.1) is 0 Å². The lowest BCUT2D eigenvalue weighted by atomic mass is 9.94. The molecule has 6 nitrogen and oxygen atoms in total. The number of piperazine rings is 1. The SMILES string of the molecule is O=C(c1ccc(F)cc1F)N1CCC(C(=O)N2CCN(CC3CCCO3)CC2)CC1. The Bertz CT molecular complexity index is 769. The molecular weight excluding hydrogens is 392 g/mol. The second-order valence-corrected chi connectivity index (χ2v) is 8.45. The van der Waals surface area contributed by atoms with Crippen LogP contribution in [0.2, 0.25) is 0 Å². The number of nitrogens with zero attached hydrogens (tertiary/aromatic N) is 3. The molecule has 0 saturated carbocycles. The second-order valence-electron chi connectivity index (χ2n) is 8.45. The zero-order valence-electron chi connectivity index (χ0n) is 17.2. The van der Waals surface area contributed by atoms with Gasteiger partial charge in [-0.1, -0.05) is 0 Å². The number of carbonyl (C=O) groups excluding carboxylic acids is 2. The van der Waals surface area contributed by atoms with Gasteiger partial charge in [0.25, 0.3) is 5.91 Å². The van der Waals surface area contributed by atoms with Gasteiger partial charge < -0.3 is 14.5 Å². The first-order valence-corrected chi connectivity index (χ1v) is 10.9. The topological polar surface area (TPSA) is 53.1 Å². The maximum atomic E-state index is 13.9. The molecule has 0 spiro atoms. The van der Waals surface area contributed by atoms with Crippen LogP contribution in [-0.2, 0) is 9.53 Å². The number of likely N-dealkylation sites (tertiary alicyclic amines) is 1.